The molecule has 6 N–H and O–H groups in total. The molecule has 0 saturated carbocycles. The van der Waals surface area contributed by atoms with Crippen LogP contribution in [0.1, 0.15) is 6.42 Å². The van der Waals surface area contributed by atoms with E-state index >= 15 is 0 Å². The lowest BCUT2D eigenvalue weighted by Gasteiger charge is -2.12. The maximum absolute atomic E-state index is 11.7. The summed E-state index contributed by atoms with van der Waals surface area (Å²) >= 11 is 0. The molecule has 2 aromatic rings. The third-order valence-corrected chi connectivity index (χ3v) is 3.40. The molecule has 0 aliphatic carbocycles. The number of carbonyl (C=O) groups excluding carboxylic acids is 1. The molecule has 0 atom stereocenters. The minimum absolute atomic E-state index is 0.0217. The molecule has 0 aliphatic rings. The second kappa shape index (κ2) is 12.4. The van der Waals surface area contributed by atoms with E-state index in [-0.39, 0.29) is 49.1 Å². The van der Waals surface area contributed by atoms with Crippen molar-refractivity contribution < 1.29 is 19.9 Å². The topological polar surface area (TPSA) is 151 Å². The van der Waals surface area contributed by atoms with Crippen LogP contribution in [-0.4, -0.2) is 46.8 Å². The highest BCUT2D eigenvalue weighted by Gasteiger charge is 2.13. The lowest BCUT2D eigenvalue weighted by molar-refractivity contribution is -0.383. The monoisotopic (exact) mass is 376 g/mol. The third kappa shape index (κ3) is 8.77. The van der Waals surface area contributed by atoms with Crippen molar-refractivity contribution in [2.75, 3.05) is 30.8 Å². The molecule has 0 aromatic heterocycles. The van der Waals surface area contributed by atoms with Crippen LogP contribution in [0.2, 0.25) is 0 Å². The molecular formula is C18H24N4O5. The minimum atomic E-state index is -0.625. The number of amides is 1. The molecule has 0 saturated heterocycles. The Hall–Kier alpha value is -3.01. The molecule has 9 nitrogen and oxygen atoms in total. The van der Waals surface area contributed by atoms with Gasteiger partial charge in [-0.05, 0) is 12.1 Å². The smallest absolute Gasteiger partial charge is 0.294 e. The van der Waals surface area contributed by atoms with E-state index in [1.165, 1.54) is 18.2 Å². The average molecular weight is 376 g/mol. The van der Waals surface area contributed by atoms with E-state index in [0.717, 1.165) is 0 Å². The van der Waals surface area contributed by atoms with Gasteiger partial charge in [0.25, 0.3) is 5.69 Å². The van der Waals surface area contributed by atoms with Gasteiger partial charge in [-0.1, -0.05) is 36.4 Å². The van der Waals surface area contributed by atoms with Crippen molar-refractivity contribution in [3.05, 3.63) is 64.7 Å². The summed E-state index contributed by atoms with van der Waals surface area (Å²) in [5.74, 6) is -0.351. The lowest BCUT2D eigenvalue weighted by Crippen LogP contribution is -2.37. The summed E-state index contributed by atoms with van der Waals surface area (Å²) in [5.41, 5.74) is 5.48. The van der Waals surface area contributed by atoms with Crippen LogP contribution in [-0.2, 0) is 4.79 Å². The number of anilines is 2. The molecule has 2 rings (SSSR count). The van der Waals surface area contributed by atoms with Crippen molar-refractivity contribution in [3.63, 3.8) is 0 Å². The van der Waals surface area contributed by atoms with E-state index in [9.17, 15) is 14.9 Å². The first-order valence-corrected chi connectivity index (χ1v) is 8.26. The van der Waals surface area contributed by atoms with Gasteiger partial charge in [-0.15, -0.1) is 0 Å². The number of nitro groups is 1. The normalized spacial score (nSPS) is 10.0. The van der Waals surface area contributed by atoms with Crippen LogP contribution in [0, 0.1) is 10.1 Å². The highest BCUT2D eigenvalue weighted by molar-refractivity contribution is 5.91. The first-order chi connectivity index (χ1) is 13.0. The summed E-state index contributed by atoms with van der Waals surface area (Å²) in [5, 5.41) is 33.7. The lowest BCUT2D eigenvalue weighted by atomic mass is 10.2. The van der Waals surface area contributed by atoms with Crippen LogP contribution >= 0.6 is 0 Å². The SMILES string of the molecule is Nc1ccc(NC(=O)CCNC(CO)CO)cc1[N+](=O)[O-].c1ccccc1. The number of nitrogen functional groups attached to an aromatic ring is 1. The summed E-state index contributed by atoms with van der Waals surface area (Å²) in [6.07, 6.45) is 0.0919. The molecule has 0 spiro atoms. The standard InChI is InChI=1S/C12H18N4O5.C6H6/c13-10-2-1-8(5-11(10)16(20)21)15-12(19)3-4-14-9(6-17)7-18;1-2-4-6-5-3-1/h1-2,5,9,14,17-18H,3-4,6-7,13H2,(H,15,19);1-6H. The number of nitrogens with two attached hydrogens (primary N) is 1. The van der Waals surface area contributed by atoms with Crippen molar-refractivity contribution in [1.29, 1.82) is 0 Å². The van der Waals surface area contributed by atoms with Crippen LogP contribution in [0.4, 0.5) is 17.1 Å². The molecule has 1 amide bonds. The summed E-state index contributed by atoms with van der Waals surface area (Å²) in [6.45, 7) is -0.209. The van der Waals surface area contributed by atoms with Crippen LogP contribution < -0.4 is 16.4 Å². The van der Waals surface area contributed by atoms with Crippen molar-refractivity contribution in [3.8, 4) is 0 Å². The van der Waals surface area contributed by atoms with Gasteiger partial charge < -0.3 is 26.6 Å². The largest absolute Gasteiger partial charge is 0.395 e. The zero-order valence-electron chi connectivity index (χ0n) is 14.7. The first-order valence-electron chi connectivity index (χ1n) is 8.26. The average Bonchev–Trinajstić information content (AvgIpc) is 2.68. The fourth-order valence-corrected chi connectivity index (χ4v) is 1.96. The molecular weight excluding hydrogens is 352 g/mol. The zero-order valence-corrected chi connectivity index (χ0v) is 14.7. The van der Waals surface area contributed by atoms with Crippen LogP contribution in [0.25, 0.3) is 0 Å². The number of benzene rings is 2. The fourth-order valence-electron chi connectivity index (χ4n) is 1.96. The second-order valence-electron chi connectivity index (χ2n) is 5.50. The molecule has 146 valence electrons. The molecule has 2 aromatic carbocycles. The molecule has 0 heterocycles. The number of aliphatic hydroxyl groups excluding tert-OH is 2. The van der Waals surface area contributed by atoms with Gasteiger partial charge in [-0.3, -0.25) is 14.9 Å². The maximum atomic E-state index is 11.7. The summed E-state index contributed by atoms with van der Waals surface area (Å²) in [7, 11) is 0. The predicted molar refractivity (Wildman–Crippen MR) is 103 cm³/mol. The summed E-state index contributed by atoms with van der Waals surface area (Å²) in [6, 6.07) is 15.5. The van der Waals surface area contributed by atoms with E-state index in [1.807, 2.05) is 36.4 Å². The third-order valence-electron chi connectivity index (χ3n) is 3.40. The van der Waals surface area contributed by atoms with Gasteiger partial charge in [0.1, 0.15) is 5.69 Å². The van der Waals surface area contributed by atoms with E-state index < -0.39 is 11.0 Å². The second-order valence-corrected chi connectivity index (χ2v) is 5.50. The molecule has 9 heteroatoms. The Morgan fingerprint density at radius 1 is 1.11 bits per heavy atom. The van der Waals surface area contributed by atoms with Crippen molar-refractivity contribution >= 4 is 23.0 Å². The number of hydrogen-bond donors (Lipinski definition) is 5. The number of rotatable bonds is 8. The highest BCUT2D eigenvalue weighted by atomic mass is 16.6. The van der Waals surface area contributed by atoms with Gasteiger partial charge in [-0.2, -0.15) is 0 Å². The van der Waals surface area contributed by atoms with E-state index in [1.54, 1.807) is 0 Å². The summed E-state index contributed by atoms with van der Waals surface area (Å²) < 4.78 is 0. The maximum Gasteiger partial charge on any atom is 0.294 e. The Labute approximate surface area is 157 Å². The Balaban J connectivity index is 0.000000511. The quantitative estimate of drug-likeness (QED) is 0.263. The van der Waals surface area contributed by atoms with E-state index in [2.05, 4.69) is 10.6 Å². The zero-order chi connectivity index (χ0) is 20.1. The van der Waals surface area contributed by atoms with Crippen LogP contribution in [0.15, 0.2) is 54.6 Å². The first kappa shape index (κ1) is 22.0. The Morgan fingerprint density at radius 2 is 1.67 bits per heavy atom. The summed E-state index contributed by atoms with van der Waals surface area (Å²) in [4.78, 5) is 21.8. The van der Waals surface area contributed by atoms with Gasteiger partial charge in [0.05, 0.1) is 24.2 Å². The molecule has 27 heavy (non-hydrogen) atoms. The number of nitrogens with one attached hydrogen (secondary N) is 2. The number of aliphatic hydroxyl groups is 2. The van der Waals surface area contributed by atoms with E-state index in [4.69, 9.17) is 15.9 Å². The molecule has 0 fully saturated rings. The Bertz CT molecular complexity index is 681. The van der Waals surface area contributed by atoms with Gasteiger partial charge in [0, 0.05) is 24.7 Å². The van der Waals surface area contributed by atoms with Crippen LogP contribution in [0.5, 0.6) is 0 Å². The van der Waals surface area contributed by atoms with Gasteiger partial charge in [0.2, 0.25) is 5.91 Å². The molecule has 0 aliphatic heterocycles. The van der Waals surface area contributed by atoms with Gasteiger partial charge in [0.15, 0.2) is 0 Å². The number of carbonyl (C=O) groups is 1. The number of nitro benzene ring substituents is 1. The van der Waals surface area contributed by atoms with Crippen molar-refractivity contribution in [1.82, 2.24) is 5.32 Å². The Kier molecular flexibility index (Phi) is 10.1. The molecule has 0 unspecified atom stereocenters. The number of hydrogen-bond acceptors (Lipinski definition) is 7. The molecule has 0 radical (unpaired) electrons. The van der Waals surface area contributed by atoms with Crippen molar-refractivity contribution in [2.24, 2.45) is 0 Å². The van der Waals surface area contributed by atoms with Gasteiger partial charge >= 0.3 is 0 Å². The minimum Gasteiger partial charge on any atom is -0.395 e. The van der Waals surface area contributed by atoms with Crippen molar-refractivity contribution in [2.45, 2.75) is 12.5 Å². The van der Waals surface area contributed by atoms with Gasteiger partial charge in [-0.25, -0.2) is 0 Å². The molecule has 0 bridgehead atoms. The predicted octanol–water partition coefficient (Wildman–Crippen LogP) is 1.13. The number of nitrogens with zero attached hydrogens (tertiary/aromatic N) is 1. The van der Waals surface area contributed by atoms with E-state index in [0.29, 0.717) is 0 Å². The Morgan fingerprint density at radius 3 is 2.15 bits per heavy atom. The van der Waals surface area contributed by atoms with Crippen LogP contribution in [0.3, 0.4) is 0 Å². The highest BCUT2D eigenvalue weighted by Crippen LogP contribution is 2.24. The fraction of sp³-hybridized carbons (Fsp3) is 0.278.